The Morgan fingerprint density at radius 1 is 1.42 bits per heavy atom. The number of amides is 1. The minimum Gasteiger partial charge on any atom is -0.481 e. The van der Waals surface area contributed by atoms with Crippen LogP contribution < -0.4 is 10.9 Å². The van der Waals surface area contributed by atoms with Gasteiger partial charge >= 0.3 is 5.97 Å². The highest BCUT2D eigenvalue weighted by molar-refractivity contribution is 7.99. The molecule has 1 aliphatic heterocycles. The number of aromatic nitrogens is 2. The molecule has 1 saturated heterocycles. The first-order chi connectivity index (χ1) is 12.5. The SMILES string of the molecule is O=C(O)CC1(NC(=O)CSCc2cc(=O)n3ccsc3n2)CCOCC1. The molecule has 10 heteroatoms. The number of thiazole rings is 1. The molecule has 0 atom stereocenters. The number of nitrogens with one attached hydrogen (secondary N) is 1. The lowest BCUT2D eigenvalue weighted by Gasteiger charge is -2.36. The van der Waals surface area contributed by atoms with Crippen LogP contribution in [-0.2, 0) is 20.1 Å². The largest absolute Gasteiger partial charge is 0.481 e. The third kappa shape index (κ3) is 4.63. The van der Waals surface area contributed by atoms with Crippen LogP contribution in [0.2, 0.25) is 0 Å². The Morgan fingerprint density at radius 3 is 2.92 bits per heavy atom. The highest BCUT2D eigenvalue weighted by atomic mass is 32.2. The van der Waals surface area contributed by atoms with Crippen molar-refractivity contribution in [2.75, 3.05) is 19.0 Å². The van der Waals surface area contributed by atoms with Crippen LogP contribution in [0.5, 0.6) is 0 Å². The van der Waals surface area contributed by atoms with Gasteiger partial charge in [-0.15, -0.1) is 23.1 Å². The first-order valence-corrected chi connectivity index (χ1v) is 10.1. The summed E-state index contributed by atoms with van der Waals surface area (Å²) >= 11 is 2.72. The van der Waals surface area contributed by atoms with E-state index in [4.69, 9.17) is 9.84 Å². The summed E-state index contributed by atoms with van der Waals surface area (Å²) in [7, 11) is 0. The number of thioether (sulfide) groups is 1. The van der Waals surface area contributed by atoms with E-state index in [0.717, 1.165) is 0 Å². The molecule has 0 bridgehead atoms. The van der Waals surface area contributed by atoms with Gasteiger partial charge in [-0.05, 0) is 12.8 Å². The summed E-state index contributed by atoms with van der Waals surface area (Å²) in [4.78, 5) is 40.4. The molecule has 0 aliphatic carbocycles. The number of carbonyl (C=O) groups excluding carboxylic acids is 1. The van der Waals surface area contributed by atoms with Gasteiger partial charge in [0.2, 0.25) is 5.91 Å². The average Bonchev–Trinajstić information content (AvgIpc) is 3.04. The summed E-state index contributed by atoms with van der Waals surface area (Å²) in [6, 6.07) is 1.47. The predicted molar refractivity (Wildman–Crippen MR) is 98.7 cm³/mol. The van der Waals surface area contributed by atoms with Gasteiger partial charge in [0, 0.05) is 36.6 Å². The van der Waals surface area contributed by atoms with Gasteiger partial charge in [0.25, 0.3) is 5.56 Å². The number of fused-ring (bicyclic) bond motifs is 1. The molecule has 1 aliphatic rings. The summed E-state index contributed by atoms with van der Waals surface area (Å²) in [6.07, 6.45) is 2.54. The van der Waals surface area contributed by atoms with Crippen molar-refractivity contribution in [3.63, 3.8) is 0 Å². The zero-order valence-corrected chi connectivity index (χ0v) is 15.6. The maximum atomic E-state index is 12.3. The lowest BCUT2D eigenvalue weighted by molar-refractivity contribution is -0.140. The minimum atomic E-state index is -0.936. The second-order valence-corrected chi connectivity index (χ2v) is 8.00. The number of hydrogen-bond donors (Lipinski definition) is 2. The van der Waals surface area contributed by atoms with Crippen molar-refractivity contribution in [2.45, 2.75) is 30.6 Å². The second-order valence-electron chi connectivity index (χ2n) is 6.15. The fourth-order valence-corrected chi connectivity index (χ4v) is 4.39. The summed E-state index contributed by atoms with van der Waals surface area (Å²) in [5.41, 5.74) is -0.255. The van der Waals surface area contributed by atoms with Gasteiger partial charge in [-0.3, -0.25) is 18.8 Å². The van der Waals surface area contributed by atoms with Crippen molar-refractivity contribution in [1.82, 2.24) is 14.7 Å². The predicted octanol–water partition coefficient (Wildman–Crippen LogP) is 1.13. The molecule has 140 valence electrons. The number of ether oxygens (including phenoxy) is 1. The van der Waals surface area contributed by atoms with E-state index in [1.807, 2.05) is 0 Å². The molecule has 3 heterocycles. The third-order valence-corrected chi connectivity index (χ3v) is 5.91. The quantitative estimate of drug-likeness (QED) is 0.721. The number of nitrogens with zero attached hydrogens (tertiary/aromatic N) is 2. The van der Waals surface area contributed by atoms with E-state index < -0.39 is 11.5 Å². The van der Waals surface area contributed by atoms with Gasteiger partial charge in [0.15, 0.2) is 4.96 Å². The van der Waals surface area contributed by atoms with Crippen molar-refractivity contribution in [3.05, 3.63) is 33.7 Å². The first kappa shape index (κ1) is 18.9. The molecule has 26 heavy (non-hydrogen) atoms. The zero-order chi connectivity index (χ0) is 18.6. The molecule has 0 radical (unpaired) electrons. The molecule has 1 fully saturated rings. The van der Waals surface area contributed by atoms with Crippen LogP contribution in [0.4, 0.5) is 0 Å². The molecular weight excluding hydrogens is 378 g/mol. The Morgan fingerprint density at radius 2 is 2.19 bits per heavy atom. The molecule has 2 N–H and O–H groups in total. The van der Waals surface area contributed by atoms with Gasteiger partial charge in [-0.25, -0.2) is 4.98 Å². The highest BCUT2D eigenvalue weighted by Gasteiger charge is 2.36. The van der Waals surface area contributed by atoms with Gasteiger partial charge in [0.1, 0.15) is 0 Å². The number of hydrogen-bond acceptors (Lipinski definition) is 7. The number of aliphatic carboxylic acids is 1. The van der Waals surface area contributed by atoms with Crippen LogP contribution >= 0.6 is 23.1 Å². The summed E-state index contributed by atoms with van der Waals surface area (Å²) < 4.78 is 6.76. The van der Waals surface area contributed by atoms with E-state index in [0.29, 0.717) is 42.5 Å². The molecule has 3 rings (SSSR count). The zero-order valence-electron chi connectivity index (χ0n) is 14.0. The van der Waals surface area contributed by atoms with Crippen molar-refractivity contribution >= 4 is 39.9 Å². The molecule has 1 amide bonds. The minimum absolute atomic E-state index is 0.111. The van der Waals surface area contributed by atoms with Crippen molar-refractivity contribution < 1.29 is 19.4 Å². The van der Waals surface area contributed by atoms with Gasteiger partial charge < -0.3 is 15.2 Å². The number of carbonyl (C=O) groups is 2. The van der Waals surface area contributed by atoms with E-state index in [2.05, 4.69) is 10.3 Å². The Labute approximate surface area is 157 Å². The van der Waals surface area contributed by atoms with E-state index in [-0.39, 0.29) is 23.6 Å². The van der Waals surface area contributed by atoms with Crippen LogP contribution in [0, 0.1) is 0 Å². The standard InChI is InChI=1S/C16H19N3O5S2/c20-12(18-16(8-14(22)23)1-4-24-5-2-16)10-25-9-11-7-13(21)19-3-6-26-15(19)17-11/h3,6-7H,1-2,4-5,8-10H2,(H,18,20)(H,22,23). The molecule has 2 aromatic heterocycles. The van der Waals surface area contributed by atoms with Gasteiger partial charge in [0.05, 0.1) is 23.4 Å². The van der Waals surface area contributed by atoms with Crippen LogP contribution in [0.25, 0.3) is 4.96 Å². The Hall–Kier alpha value is -1.91. The monoisotopic (exact) mass is 397 g/mol. The van der Waals surface area contributed by atoms with Crippen molar-refractivity contribution in [2.24, 2.45) is 0 Å². The topological polar surface area (TPSA) is 110 Å². The van der Waals surface area contributed by atoms with Gasteiger partial charge in [-0.2, -0.15) is 0 Å². The van der Waals surface area contributed by atoms with E-state index in [9.17, 15) is 14.4 Å². The fourth-order valence-electron chi connectivity index (χ4n) is 2.94. The molecule has 0 spiro atoms. The Bertz CT molecular complexity index is 857. The summed E-state index contributed by atoms with van der Waals surface area (Å²) in [5, 5.41) is 13.8. The van der Waals surface area contributed by atoms with Crippen LogP contribution in [0.15, 0.2) is 22.4 Å². The molecule has 0 saturated carbocycles. The smallest absolute Gasteiger partial charge is 0.305 e. The third-order valence-electron chi connectivity index (χ3n) is 4.18. The first-order valence-electron chi connectivity index (χ1n) is 8.12. The lowest BCUT2D eigenvalue weighted by atomic mass is 9.86. The summed E-state index contributed by atoms with van der Waals surface area (Å²) in [6.45, 7) is 0.880. The Balaban J connectivity index is 1.55. The van der Waals surface area contributed by atoms with Gasteiger partial charge in [-0.1, -0.05) is 0 Å². The normalized spacial score (nSPS) is 16.5. The van der Waals surface area contributed by atoms with Crippen LogP contribution in [-0.4, -0.2) is 50.9 Å². The fraction of sp³-hybridized carbons (Fsp3) is 0.500. The molecule has 8 nitrogen and oxygen atoms in total. The van der Waals surface area contributed by atoms with E-state index in [1.54, 1.807) is 11.6 Å². The Kier molecular flexibility index (Phi) is 5.94. The van der Waals surface area contributed by atoms with Crippen LogP contribution in [0.1, 0.15) is 25.0 Å². The highest BCUT2D eigenvalue weighted by Crippen LogP contribution is 2.25. The number of carboxylic acid groups (broad SMARTS) is 1. The van der Waals surface area contributed by atoms with Crippen molar-refractivity contribution in [1.29, 1.82) is 0 Å². The molecular formula is C16H19N3O5S2. The maximum absolute atomic E-state index is 12.3. The summed E-state index contributed by atoms with van der Waals surface area (Å²) in [5.74, 6) is -0.541. The average molecular weight is 397 g/mol. The van der Waals surface area contributed by atoms with E-state index in [1.165, 1.54) is 33.6 Å². The maximum Gasteiger partial charge on any atom is 0.305 e. The van der Waals surface area contributed by atoms with Crippen LogP contribution in [0.3, 0.4) is 0 Å². The molecule has 2 aromatic rings. The number of carboxylic acids is 1. The number of rotatable bonds is 7. The van der Waals surface area contributed by atoms with Crippen molar-refractivity contribution in [3.8, 4) is 0 Å². The molecule has 0 unspecified atom stereocenters. The lowest BCUT2D eigenvalue weighted by Crippen LogP contribution is -2.53. The van der Waals surface area contributed by atoms with E-state index >= 15 is 0 Å². The molecule has 0 aromatic carbocycles. The second kappa shape index (κ2) is 8.19.